The second-order valence-electron chi connectivity index (χ2n) is 4.60. The molecule has 1 heterocycles. The molecule has 2 heteroatoms. The number of rotatable bonds is 3. The Bertz CT molecular complexity index is 329. The Kier molecular flexibility index (Phi) is 3.83. The Hall–Kier alpha value is -1.02. The molecule has 88 valence electrons. The lowest BCUT2D eigenvalue weighted by atomic mass is 9.96. The molecule has 2 rings (SSSR count). The van der Waals surface area contributed by atoms with Crippen molar-refractivity contribution in [2.45, 2.75) is 26.2 Å². The van der Waals surface area contributed by atoms with Gasteiger partial charge in [0, 0.05) is 25.4 Å². The van der Waals surface area contributed by atoms with E-state index in [1.165, 1.54) is 11.3 Å². The molecule has 0 atom stereocenters. The fraction of sp³-hybridized carbons (Fsp3) is 0.571. The second kappa shape index (κ2) is 5.35. The predicted molar refractivity (Wildman–Crippen MR) is 67.8 cm³/mol. The molecule has 0 saturated carbocycles. The van der Waals surface area contributed by atoms with Crippen LogP contribution >= 0.6 is 0 Å². The average Bonchev–Trinajstić information content (AvgIpc) is 2.39. The molecule has 1 aliphatic heterocycles. The first kappa shape index (κ1) is 11.5. The fourth-order valence-corrected chi connectivity index (χ4v) is 2.47. The number of aryl methyl sites for hydroxylation is 1. The maximum absolute atomic E-state index is 9.13. The number of para-hydroxylation sites is 1. The third-order valence-corrected chi connectivity index (χ3v) is 3.59. The Labute approximate surface area is 97.9 Å². The van der Waals surface area contributed by atoms with Gasteiger partial charge in [0.15, 0.2) is 0 Å². The van der Waals surface area contributed by atoms with Gasteiger partial charge in [-0.05, 0) is 36.8 Å². The van der Waals surface area contributed by atoms with Crippen molar-refractivity contribution in [3.8, 4) is 0 Å². The molecule has 0 radical (unpaired) electrons. The lowest BCUT2D eigenvalue weighted by Crippen LogP contribution is -2.35. The quantitative estimate of drug-likeness (QED) is 0.844. The smallest absolute Gasteiger partial charge is 0.0460 e. The van der Waals surface area contributed by atoms with Gasteiger partial charge in [0.25, 0.3) is 0 Å². The van der Waals surface area contributed by atoms with Gasteiger partial charge in [-0.15, -0.1) is 0 Å². The number of nitrogens with zero attached hydrogens (tertiary/aromatic N) is 1. The van der Waals surface area contributed by atoms with Crippen LogP contribution in [0.1, 0.15) is 25.3 Å². The maximum Gasteiger partial charge on any atom is 0.0460 e. The summed E-state index contributed by atoms with van der Waals surface area (Å²) in [5.74, 6) is 0.519. The van der Waals surface area contributed by atoms with E-state index in [0.29, 0.717) is 12.5 Å². The van der Waals surface area contributed by atoms with E-state index in [-0.39, 0.29) is 0 Å². The molecule has 1 aromatic rings. The minimum absolute atomic E-state index is 0.350. The van der Waals surface area contributed by atoms with Crippen LogP contribution in [0.25, 0.3) is 0 Å². The fourth-order valence-electron chi connectivity index (χ4n) is 2.47. The van der Waals surface area contributed by atoms with Crippen molar-refractivity contribution < 1.29 is 5.11 Å². The van der Waals surface area contributed by atoms with E-state index in [2.05, 4.69) is 36.1 Å². The lowest BCUT2D eigenvalue weighted by molar-refractivity contribution is 0.203. The zero-order chi connectivity index (χ0) is 11.4. The normalized spacial score (nSPS) is 17.8. The molecule has 0 amide bonds. The molecule has 0 aliphatic carbocycles. The largest absolute Gasteiger partial charge is 0.396 e. The Balaban J connectivity index is 2.07. The zero-order valence-corrected chi connectivity index (χ0v) is 10.0. The SMILES string of the molecule is CCc1ccccc1N1CCC(CO)CC1. The topological polar surface area (TPSA) is 23.5 Å². The lowest BCUT2D eigenvalue weighted by Gasteiger charge is -2.34. The summed E-state index contributed by atoms with van der Waals surface area (Å²) in [7, 11) is 0. The maximum atomic E-state index is 9.13. The van der Waals surface area contributed by atoms with Crippen molar-refractivity contribution in [1.29, 1.82) is 0 Å². The molecule has 1 fully saturated rings. The summed E-state index contributed by atoms with van der Waals surface area (Å²) >= 11 is 0. The highest BCUT2D eigenvalue weighted by molar-refractivity contribution is 5.53. The van der Waals surface area contributed by atoms with Crippen molar-refractivity contribution >= 4 is 5.69 Å². The monoisotopic (exact) mass is 219 g/mol. The first-order valence-electron chi connectivity index (χ1n) is 6.29. The van der Waals surface area contributed by atoms with Gasteiger partial charge in [0.1, 0.15) is 0 Å². The van der Waals surface area contributed by atoms with Crippen molar-refractivity contribution in [3.05, 3.63) is 29.8 Å². The van der Waals surface area contributed by atoms with Gasteiger partial charge in [-0.2, -0.15) is 0 Å². The Morgan fingerprint density at radius 2 is 1.94 bits per heavy atom. The van der Waals surface area contributed by atoms with Crippen LogP contribution < -0.4 is 4.90 Å². The number of hydrogen-bond acceptors (Lipinski definition) is 2. The molecule has 1 saturated heterocycles. The highest BCUT2D eigenvalue weighted by atomic mass is 16.3. The van der Waals surface area contributed by atoms with E-state index < -0.39 is 0 Å². The molecular weight excluding hydrogens is 198 g/mol. The van der Waals surface area contributed by atoms with Crippen LogP contribution in [0.5, 0.6) is 0 Å². The third-order valence-electron chi connectivity index (χ3n) is 3.59. The van der Waals surface area contributed by atoms with E-state index in [9.17, 15) is 0 Å². The van der Waals surface area contributed by atoms with Gasteiger partial charge in [-0.3, -0.25) is 0 Å². The van der Waals surface area contributed by atoms with Gasteiger partial charge >= 0.3 is 0 Å². The van der Waals surface area contributed by atoms with Crippen LogP contribution in [0.3, 0.4) is 0 Å². The van der Waals surface area contributed by atoms with Crippen LogP contribution in [0.2, 0.25) is 0 Å². The number of aliphatic hydroxyl groups excluding tert-OH is 1. The summed E-state index contributed by atoms with van der Waals surface area (Å²) in [6.07, 6.45) is 3.33. The van der Waals surface area contributed by atoms with Crippen LogP contribution in [-0.2, 0) is 6.42 Å². The van der Waals surface area contributed by atoms with Gasteiger partial charge in [0.05, 0.1) is 0 Å². The van der Waals surface area contributed by atoms with Crippen molar-refractivity contribution in [3.63, 3.8) is 0 Å². The molecular formula is C14H21NO. The molecule has 0 spiro atoms. The van der Waals surface area contributed by atoms with Crippen LogP contribution in [0.15, 0.2) is 24.3 Å². The Morgan fingerprint density at radius 3 is 2.56 bits per heavy atom. The number of aliphatic hydroxyl groups is 1. The van der Waals surface area contributed by atoms with E-state index >= 15 is 0 Å². The first-order valence-corrected chi connectivity index (χ1v) is 6.29. The van der Waals surface area contributed by atoms with E-state index in [4.69, 9.17) is 5.11 Å². The highest BCUT2D eigenvalue weighted by Crippen LogP contribution is 2.26. The van der Waals surface area contributed by atoms with Gasteiger partial charge in [0.2, 0.25) is 0 Å². The molecule has 1 N–H and O–H groups in total. The number of benzene rings is 1. The standard InChI is InChI=1S/C14H21NO/c1-2-13-5-3-4-6-14(13)15-9-7-12(11-16)8-10-15/h3-6,12,16H,2,7-11H2,1H3. The summed E-state index contributed by atoms with van der Waals surface area (Å²) in [6, 6.07) is 8.67. The average molecular weight is 219 g/mol. The van der Waals surface area contributed by atoms with Gasteiger partial charge in [-0.25, -0.2) is 0 Å². The molecule has 0 unspecified atom stereocenters. The van der Waals surface area contributed by atoms with E-state index in [0.717, 1.165) is 32.4 Å². The summed E-state index contributed by atoms with van der Waals surface area (Å²) < 4.78 is 0. The van der Waals surface area contributed by atoms with Crippen molar-refractivity contribution in [2.75, 3.05) is 24.6 Å². The summed E-state index contributed by atoms with van der Waals surface area (Å²) in [6.45, 7) is 4.73. The van der Waals surface area contributed by atoms with E-state index in [1.807, 2.05) is 0 Å². The van der Waals surface area contributed by atoms with Crippen LogP contribution in [-0.4, -0.2) is 24.8 Å². The summed E-state index contributed by atoms with van der Waals surface area (Å²) in [4.78, 5) is 2.46. The van der Waals surface area contributed by atoms with Crippen LogP contribution in [0, 0.1) is 5.92 Å². The van der Waals surface area contributed by atoms with Gasteiger partial charge in [-0.1, -0.05) is 25.1 Å². The second-order valence-corrected chi connectivity index (χ2v) is 4.60. The molecule has 16 heavy (non-hydrogen) atoms. The number of hydrogen-bond donors (Lipinski definition) is 1. The molecule has 0 bridgehead atoms. The number of anilines is 1. The molecule has 1 aliphatic rings. The highest BCUT2D eigenvalue weighted by Gasteiger charge is 2.19. The minimum Gasteiger partial charge on any atom is -0.396 e. The van der Waals surface area contributed by atoms with Crippen molar-refractivity contribution in [2.24, 2.45) is 5.92 Å². The van der Waals surface area contributed by atoms with Crippen LogP contribution in [0.4, 0.5) is 5.69 Å². The molecule has 2 nitrogen and oxygen atoms in total. The molecule has 0 aromatic heterocycles. The van der Waals surface area contributed by atoms with E-state index in [1.54, 1.807) is 0 Å². The van der Waals surface area contributed by atoms with Crippen molar-refractivity contribution in [1.82, 2.24) is 0 Å². The Morgan fingerprint density at radius 1 is 1.25 bits per heavy atom. The predicted octanol–water partition coefficient (Wildman–Crippen LogP) is 2.46. The first-order chi connectivity index (χ1) is 7.85. The summed E-state index contributed by atoms with van der Waals surface area (Å²) in [5.41, 5.74) is 2.83. The van der Waals surface area contributed by atoms with Gasteiger partial charge < -0.3 is 10.0 Å². The molecule has 1 aromatic carbocycles. The zero-order valence-electron chi connectivity index (χ0n) is 10.0. The third kappa shape index (κ3) is 2.38. The summed E-state index contributed by atoms with van der Waals surface area (Å²) in [5, 5.41) is 9.13. The minimum atomic E-state index is 0.350. The number of piperidine rings is 1.